The molecule has 2 aromatic heterocycles. The van der Waals surface area contributed by atoms with E-state index in [1.54, 1.807) is 6.20 Å². The Bertz CT molecular complexity index is 772. The molecule has 2 heterocycles. The smallest absolute Gasteiger partial charge is 0.315 e. The number of pyridine rings is 1. The summed E-state index contributed by atoms with van der Waals surface area (Å²) in [6.45, 7) is 0.836. The zero-order valence-corrected chi connectivity index (χ0v) is 13.1. The lowest BCUT2D eigenvalue weighted by molar-refractivity contribution is 0.240. The molecule has 24 heavy (non-hydrogen) atoms. The lowest BCUT2D eigenvalue weighted by Crippen LogP contribution is -2.36. The van der Waals surface area contributed by atoms with Crippen molar-refractivity contribution in [2.24, 2.45) is 0 Å². The second-order valence-electron chi connectivity index (χ2n) is 5.23. The molecule has 6 heteroatoms. The molecule has 0 saturated carbocycles. The fourth-order valence-electron chi connectivity index (χ4n) is 2.22. The van der Waals surface area contributed by atoms with E-state index in [-0.39, 0.29) is 6.03 Å². The van der Waals surface area contributed by atoms with Gasteiger partial charge in [0, 0.05) is 36.5 Å². The monoisotopic (exact) mass is 322 g/mol. The second-order valence-corrected chi connectivity index (χ2v) is 5.23. The van der Waals surface area contributed by atoms with Gasteiger partial charge in [0.25, 0.3) is 0 Å². The maximum absolute atomic E-state index is 11.8. The molecule has 1 aromatic carbocycles. The van der Waals surface area contributed by atoms with Gasteiger partial charge in [-0.1, -0.05) is 41.6 Å². The van der Waals surface area contributed by atoms with E-state index in [2.05, 4.69) is 20.8 Å². The van der Waals surface area contributed by atoms with Gasteiger partial charge in [0.1, 0.15) is 5.69 Å². The Labute approximate surface area is 139 Å². The fourth-order valence-corrected chi connectivity index (χ4v) is 2.22. The minimum Gasteiger partial charge on any atom is -0.356 e. The number of aromatic nitrogens is 2. The van der Waals surface area contributed by atoms with Gasteiger partial charge < -0.3 is 15.2 Å². The van der Waals surface area contributed by atoms with Crippen molar-refractivity contribution in [2.75, 3.05) is 6.54 Å². The maximum Gasteiger partial charge on any atom is 0.315 e. The summed E-state index contributed by atoms with van der Waals surface area (Å²) in [6.07, 6.45) is 2.43. The van der Waals surface area contributed by atoms with E-state index in [0.717, 1.165) is 11.3 Å². The SMILES string of the molecule is O=C(NCCc1ccccn1)NCc1cc(-c2ccccc2)on1. The molecule has 0 aliphatic rings. The number of carbonyl (C=O) groups excluding carboxylic acids is 1. The third-order valence-electron chi connectivity index (χ3n) is 3.44. The van der Waals surface area contributed by atoms with Gasteiger partial charge in [-0.05, 0) is 12.1 Å². The first kappa shape index (κ1) is 15.7. The highest BCUT2D eigenvalue weighted by atomic mass is 16.5. The van der Waals surface area contributed by atoms with Crippen molar-refractivity contribution in [1.82, 2.24) is 20.8 Å². The molecular weight excluding hydrogens is 304 g/mol. The first-order valence-electron chi connectivity index (χ1n) is 7.74. The topological polar surface area (TPSA) is 80.0 Å². The number of rotatable bonds is 6. The van der Waals surface area contributed by atoms with Crippen LogP contribution in [0.1, 0.15) is 11.4 Å². The highest BCUT2D eigenvalue weighted by molar-refractivity contribution is 5.73. The Morgan fingerprint density at radius 3 is 2.62 bits per heavy atom. The molecule has 0 atom stereocenters. The van der Waals surface area contributed by atoms with Crippen molar-refractivity contribution < 1.29 is 9.32 Å². The van der Waals surface area contributed by atoms with Crippen molar-refractivity contribution in [3.63, 3.8) is 0 Å². The first-order chi connectivity index (χ1) is 11.8. The van der Waals surface area contributed by atoms with Crippen LogP contribution in [-0.2, 0) is 13.0 Å². The van der Waals surface area contributed by atoms with Gasteiger partial charge in [-0.15, -0.1) is 0 Å². The molecule has 0 aliphatic heterocycles. The molecular formula is C18H18N4O2. The van der Waals surface area contributed by atoms with Crippen LogP contribution in [0.15, 0.2) is 65.3 Å². The molecule has 0 fully saturated rings. The van der Waals surface area contributed by atoms with Gasteiger partial charge in [0.2, 0.25) is 0 Å². The van der Waals surface area contributed by atoms with Gasteiger partial charge in [-0.25, -0.2) is 4.79 Å². The molecule has 0 saturated heterocycles. The van der Waals surface area contributed by atoms with Crippen LogP contribution < -0.4 is 10.6 Å². The maximum atomic E-state index is 11.8. The van der Waals surface area contributed by atoms with Gasteiger partial charge in [0.05, 0.1) is 6.54 Å². The van der Waals surface area contributed by atoms with Crippen LogP contribution in [0.3, 0.4) is 0 Å². The minimum absolute atomic E-state index is 0.241. The minimum atomic E-state index is -0.241. The van der Waals surface area contributed by atoms with Crippen molar-refractivity contribution in [3.05, 3.63) is 72.2 Å². The number of nitrogens with one attached hydrogen (secondary N) is 2. The van der Waals surface area contributed by atoms with Crippen molar-refractivity contribution in [2.45, 2.75) is 13.0 Å². The standard InChI is InChI=1S/C18H18N4O2/c23-18(20-11-9-15-8-4-5-10-19-15)21-13-16-12-17(24-22-16)14-6-2-1-3-7-14/h1-8,10,12H,9,11,13H2,(H2,20,21,23). The largest absolute Gasteiger partial charge is 0.356 e. The van der Waals surface area contributed by atoms with Gasteiger partial charge >= 0.3 is 6.03 Å². The third kappa shape index (κ3) is 4.42. The van der Waals surface area contributed by atoms with Crippen molar-refractivity contribution in [3.8, 4) is 11.3 Å². The predicted molar refractivity (Wildman–Crippen MR) is 90.1 cm³/mol. The van der Waals surface area contributed by atoms with Crippen LogP contribution in [0, 0.1) is 0 Å². The average molecular weight is 322 g/mol. The molecule has 3 rings (SSSR count). The number of urea groups is 1. The highest BCUT2D eigenvalue weighted by Crippen LogP contribution is 2.19. The summed E-state index contributed by atoms with van der Waals surface area (Å²) in [7, 11) is 0. The number of amides is 2. The van der Waals surface area contributed by atoms with Crippen LogP contribution in [0.25, 0.3) is 11.3 Å². The van der Waals surface area contributed by atoms with Crippen LogP contribution in [0.4, 0.5) is 4.79 Å². The van der Waals surface area contributed by atoms with E-state index in [4.69, 9.17) is 4.52 Å². The Hall–Kier alpha value is -3.15. The number of nitrogens with zero attached hydrogens (tertiary/aromatic N) is 2. The molecule has 3 aromatic rings. The first-order valence-corrected chi connectivity index (χ1v) is 7.74. The number of carbonyl (C=O) groups is 1. The summed E-state index contributed by atoms with van der Waals surface area (Å²) >= 11 is 0. The lowest BCUT2D eigenvalue weighted by atomic mass is 10.2. The molecule has 122 valence electrons. The molecule has 0 spiro atoms. The van der Waals surface area contributed by atoms with Crippen LogP contribution in [0.5, 0.6) is 0 Å². The molecule has 0 aliphatic carbocycles. The van der Waals surface area contributed by atoms with E-state index in [9.17, 15) is 4.79 Å². The van der Waals surface area contributed by atoms with E-state index in [1.807, 2.05) is 54.6 Å². The van der Waals surface area contributed by atoms with Gasteiger partial charge in [-0.3, -0.25) is 4.98 Å². The lowest BCUT2D eigenvalue weighted by Gasteiger charge is -2.05. The van der Waals surface area contributed by atoms with E-state index >= 15 is 0 Å². The van der Waals surface area contributed by atoms with E-state index in [0.29, 0.717) is 31.0 Å². The molecule has 0 radical (unpaired) electrons. The summed E-state index contributed by atoms with van der Waals surface area (Å²) in [5.74, 6) is 0.683. The normalized spacial score (nSPS) is 10.3. The highest BCUT2D eigenvalue weighted by Gasteiger charge is 2.07. The van der Waals surface area contributed by atoms with Crippen LogP contribution >= 0.6 is 0 Å². The number of benzene rings is 1. The summed E-state index contributed by atoms with van der Waals surface area (Å²) in [5, 5.41) is 9.51. The Morgan fingerprint density at radius 1 is 1.00 bits per heavy atom. The number of hydrogen-bond acceptors (Lipinski definition) is 4. The third-order valence-corrected chi connectivity index (χ3v) is 3.44. The quantitative estimate of drug-likeness (QED) is 0.731. The summed E-state index contributed by atoms with van der Waals surface area (Å²) in [4.78, 5) is 16.0. The average Bonchev–Trinajstić information content (AvgIpc) is 3.11. The molecule has 0 unspecified atom stereocenters. The molecule has 2 amide bonds. The Kier molecular flexibility index (Phi) is 5.19. The second kappa shape index (κ2) is 7.92. The molecule has 0 bridgehead atoms. The number of hydrogen-bond donors (Lipinski definition) is 2. The predicted octanol–water partition coefficient (Wildman–Crippen LogP) is 2.78. The van der Waals surface area contributed by atoms with E-state index < -0.39 is 0 Å². The fraction of sp³-hybridized carbons (Fsp3) is 0.167. The summed E-state index contributed by atoms with van der Waals surface area (Å²) in [6, 6.07) is 17.0. The Morgan fingerprint density at radius 2 is 1.83 bits per heavy atom. The van der Waals surface area contributed by atoms with Crippen LogP contribution in [0.2, 0.25) is 0 Å². The zero-order valence-electron chi connectivity index (χ0n) is 13.1. The molecule has 6 nitrogen and oxygen atoms in total. The van der Waals surface area contributed by atoms with Gasteiger partial charge in [0.15, 0.2) is 5.76 Å². The zero-order chi connectivity index (χ0) is 16.6. The van der Waals surface area contributed by atoms with Crippen LogP contribution in [-0.4, -0.2) is 22.7 Å². The van der Waals surface area contributed by atoms with Gasteiger partial charge in [-0.2, -0.15) is 0 Å². The summed E-state index contributed by atoms with van der Waals surface area (Å²) < 4.78 is 5.29. The van der Waals surface area contributed by atoms with E-state index in [1.165, 1.54) is 0 Å². The summed E-state index contributed by atoms with van der Waals surface area (Å²) in [5.41, 5.74) is 2.58. The van der Waals surface area contributed by atoms with Crippen molar-refractivity contribution >= 4 is 6.03 Å². The van der Waals surface area contributed by atoms with Crippen molar-refractivity contribution in [1.29, 1.82) is 0 Å². The molecule has 2 N–H and O–H groups in total. The Balaban J connectivity index is 1.42.